The average Bonchev–Trinajstić information content (AvgIpc) is 3.48. The molecule has 2 fully saturated rings. The van der Waals surface area contributed by atoms with Crippen molar-refractivity contribution in [3.05, 3.63) is 63.0 Å². The molecule has 9 heteroatoms. The van der Waals surface area contributed by atoms with Gasteiger partial charge in [0.05, 0.1) is 4.91 Å². The fraction of sp³-hybridized carbons (Fsp3) is 0.393. The third-order valence-electron chi connectivity index (χ3n) is 6.22. The van der Waals surface area contributed by atoms with E-state index in [-0.39, 0.29) is 22.8 Å². The van der Waals surface area contributed by atoms with Gasteiger partial charge in [-0.05, 0) is 65.9 Å². The number of amides is 3. The molecule has 0 atom stereocenters. The van der Waals surface area contributed by atoms with Gasteiger partial charge >= 0.3 is 0 Å². The lowest BCUT2D eigenvalue weighted by Crippen LogP contribution is -2.40. The van der Waals surface area contributed by atoms with Crippen molar-refractivity contribution in [1.29, 1.82) is 0 Å². The van der Waals surface area contributed by atoms with Crippen LogP contribution in [0.4, 0.5) is 4.79 Å². The van der Waals surface area contributed by atoms with Crippen LogP contribution in [0, 0.1) is 0 Å². The number of benzene rings is 2. The van der Waals surface area contributed by atoms with Crippen LogP contribution in [0.5, 0.6) is 11.5 Å². The number of thioether (sulfide) groups is 1. The zero-order valence-electron chi connectivity index (χ0n) is 21.3. The van der Waals surface area contributed by atoms with Gasteiger partial charge in [0.25, 0.3) is 11.1 Å². The van der Waals surface area contributed by atoms with Gasteiger partial charge in [-0.3, -0.25) is 19.3 Å². The van der Waals surface area contributed by atoms with Gasteiger partial charge in [-0.15, -0.1) is 0 Å². The smallest absolute Gasteiger partial charge is 0.294 e. The third-order valence-corrected chi connectivity index (χ3v) is 7.62. The zero-order valence-corrected chi connectivity index (χ0v) is 23.7. The van der Waals surface area contributed by atoms with Crippen molar-refractivity contribution in [2.24, 2.45) is 0 Å². The predicted octanol–water partition coefficient (Wildman–Crippen LogP) is 5.86. The molecule has 2 heterocycles. The first kappa shape index (κ1) is 27.3. The molecule has 2 aromatic carbocycles. The third kappa shape index (κ3) is 6.96. The van der Waals surface area contributed by atoms with Crippen LogP contribution < -0.4 is 9.47 Å². The molecule has 0 aliphatic carbocycles. The van der Waals surface area contributed by atoms with Gasteiger partial charge < -0.3 is 14.4 Å². The highest BCUT2D eigenvalue weighted by molar-refractivity contribution is 9.10. The van der Waals surface area contributed by atoms with Crippen LogP contribution in [0.1, 0.15) is 44.7 Å². The van der Waals surface area contributed by atoms with Crippen molar-refractivity contribution in [3.8, 4) is 11.5 Å². The molecular weight excluding hydrogens is 556 g/mol. The van der Waals surface area contributed by atoms with Crippen molar-refractivity contribution >= 4 is 50.8 Å². The molecule has 2 saturated heterocycles. The van der Waals surface area contributed by atoms with Crippen LogP contribution in [0.3, 0.4) is 0 Å². The summed E-state index contributed by atoms with van der Waals surface area (Å²) in [4.78, 5) is 40.9. The van der Waals surface area contributed by atoms with Crippen molar-refractivity contribution in [1.82, 2.24) is 9.80 Å². The quantitative estimate of drug-likeness (QED) is 0.285. The Morgan fingerprint density at radius 3 is 2.38 bits per heavy atom. The minimum atomic E-state index is -0.460. The van der Waals surface area contributed by atoms with E-state index in [0.717, 1.165) is 39.7 Å². The molecule has 2 aromatic rings. The van der Waals surface area contributed by atoms with Crippen molar-refractivity contribution < 1.29 is 23.9 Å². The molecular formula is C28H31BrN2O5S. The fourth-order valence-electron chi connectivity index (χ4n) is 4.09. The number of halogens is 1. The Kier molecular flexibility index (Phi) is 8.64. The molecule has 7 nitrogen and oxygen atoms in total. The summed E-state index contributed by atoms with van der Waals surface area (Å²) < 4.78 is 12.6. The maximum atomic E-state index is 12.9. The van der Waals surface area contributed by atoms with E-state index in [1.807, 2.05) is 30.3 Å². The number of ether oxygens (including phenoxy) is 2. The van der Waals surface area contributed by atoms with Gasteiger partial charge in [-0.25, -0.2) is 0 Å². The molecule has 0 unspecified atom stereocenters. The maximum Gasteiger partial charge on any atom is 0.294 e. The lowest BCUT2D eigenvalue weighted by molar-refractivity contribution is -0.135. The Bertz CT molecular complexity index is 1200. The van der Waals surface area contributed by atoms with E-state index in [9.17, 15) is 14.4 Å². The Hall–Kier alpha value is -2.78. The largest absolute Gasteiger partial charge is 0.490 e. The molecule has 0 aromatic heterocycles. The predicted molar refractivity (Wildman–Crippen MR) is 149 cm³/mol. The number of hydrogen-bond donors (Lipinski definition) is 0. The van der Waals surface area contributed by atoms with Crippen molar-refractivity contribution in [3.63, 3.8) is 0 Å². The Morgan fingerprint density at radius 1 is 1.03 bits per heavy atom. The fourth-order valence-corrected chi connectivity index (χ4v) is 5.26. The van der Waals surface area contributed by atoms with Gasteiger partial charge in [-0.1, -0.05) is 54.9 Å². The van der Waals surface area contributed by atoms with E-state index in [1.165, 1.54) is 5.56 Å². The minimum Gasteiger partial charge on any atom is -0.490 e. The van der Waals surface area contributed by atoms with E-state index in [2.05, 4.69) is 48.8 Å². The summed E-state index contributed by atoms with van der Waals surface area (Å²) in [6.45, 7) is 8.27. The Balaban J connectivity index is 1.38. The summed E-state index contributed by atoms with van der Waals surface area (Å²) in [6, 6.07) is 13.5. The van der Waals surface area contributed by atoms with Gasteiger partial charge in [0.2, 0.25) is 5.91 Å². The summed E-state index contributed by atoms with van der Waals surface area (Å²) in [5.74, 6) is 0.671. The molecule has 0 saturated carbocycles. The lowest BCUT2D eigenvalue weighted by atomic mass is 9.87. The van der Waals surface area contributed by atoms with E-state index < -0.39 is 11.1 Å². The van der Waals surface area contributed by atoms with E-state index in [1.54, 1.807) is 11.0 Å². The number of nitrogens with zero attached hydrogens (tertiary/aromatic N) is 2. The summed E-state index contributed by atoms with van der Waals surface area (Å²) in [7, 11) is 0. The minimum absolute atomic E-state index is 0.0806. The highest BCUT2D eigenvalue weighted by Gasteiger charge is 2.37. The number of rotatable bonds is 8. The Labute approximate surface area is 230 Å². The number of carbonyl (C=O) groups is 3. The molecule has 2 aliphatic heterocycles. The standard InChI is InChI=1S/C28H31BrN2O5S/c1-28(2,3)20-7-10-22(11-8-20)35-14-15-36-23-17-21(29)9-6-19(23)16-24-26(33)31(27(34)37-24)18-25(32)30-12-4-5-13-30/h6-11,16-17H,4-5,12-15,18H2,1-3H3/b24-16-. The van der Waals surface area contributed by atoms with Crippen LogP contribution in [-0.2, 0) is 15.0 Å². The number of hydrogen-bond acceptors (Lipinski definition) is 6. The van der Waals surface area contributed by atoms with E-state index in [4.69, 9.17) is 9.47 Å². The van der Waals surface area contributed by atoms with Crippen LogP contribution >= 0.6 is 27.7 Å². The molecule has 3 amide bonds. The lowest BCUT2D eigenvalue weighted by Gasteiger charge is -2.19. The molecule has 37 heavy (non-hydrogen) atoms. The van der Waals surface area contributed by atoms with Gasteiger partial charge in [0.15, 0.2) is 0 Å². The number of imide groups is 1. The molecule has 4 rings (SSSR count). The summed E-state index contributed by atoms with van der Waals surface area (Å²) in [6.07, 6.45) is 3.54. The first-order valence-corrected chi connectivity index (χ1v) is 13.9. The SMILES string of the molecule is CC(C)(C)c1ccc(OCCOc2cc(Br)ccc2/C=C2\SC(=O)N(CC(=O)N3CCCC3)C2=O)cc1. The first-order valence-electron chi connectivity index (χ1n) is 12.3. The Morgan fingerprint density at radius 2 is 1.70 bits per heavy atom. The van der Waals surface area contributed by atoms with Gasteiger partial charge in [0, 0.05) is 23.1 Å². The molecule has 0 N–H and O–H groups in total. The van der Waals surface area contributed by atoms with Gasteiger partial charge in [-0.2, -0.15) is 0 Å². The first-order chi connectivity index (χ1) is 17.6. The van der Waals surface area contributed by atoms with Crippen LogP contribution in [0.15, 0.2) is 51.8 Å². The van der Waals surface area contributed by atoms with E-state index in [0.29, 0.717) is 37.6 Å². The van der Waals surface area contributed by atoms with Gasteiger partial charge in [0.1, 0.15) is 31.3 Å². The normalized spacial score (nSPS) is 17.1. The highest BCUT2D eigenvalue weighted by atomic mass is 79.9. The number of carbonyl (C=O) groups excluding carboxylic acids is 3. The van der Waals surface area contributed by atoms with Crippen LogP contribution in [0.25, 0.3) is 6.08 Å². The topological polar surface area (TPSA) is 76.2 Å². The summed E-state index contributed by atoms with van der Waals surface area (Å²) >= 11 is 4.30. The van der Waals surface area contributed by atoms with E-state index >= 15 is 0 Å². The second kappa shape index (κ2) is 11.7. The molecule has 0 spiro atoms. The van der Waals surface area contributed by atoms with Crippen molar-refractivity contribution in [2.75, 3.05) is 32.8 Å². The summed E-state index contributed by atoms with van der Waals surface area (Å²) in [5, 5.41) is -0.436. The number of likely N-dealkylation sites (tertiary alicyclic amines) is 1. The molecule has 0 bridgehead atoms. The molecule has 0 radical (unpaired) electrons. The second-order valence-electron chi connectivity index (χ2n) is 10.0. The van der Waals surface area contributed by atoms with Crippen molar-refractivity contribution in [2.45, 2.75) is 39.0 Å². The summed E-state index contributed by atoms with van der Waals surface area (Å²) in [5.41, 5.74) is 1.98. The molecule has 196 valence electrons. The second-order valence-corrected chi connectivity index (χ2v) is 11.9. The zero-order chi connectivity index (χ0) is 26.6. The van der Waals surface area contributed by atoms with Crippen LogP contribution in [0.2, 0.25) is 0 Å². The maximum absolute atomic E-state index is 12.9. The average molecular weight is 588 g/mol. The van der Waals surface area contributed by atoms with Crippen LogP contribution in [-0.4, -0.2) is 59.7 Å². The highest BCUT2D eigenvalue weighted by Crippen LogP contribution is 2.35. The molecule has 2 aliphatic rings. The monoisotopic (exact) mass is 586 g/mol.